The fraction of sp³-hybridized carbons (Fsp3) is 0.667. The highest BCUT2D eigenvalue weighted by atomic mass is 28.3. The Bertz CT molecular complexity index is 1420. The van der Waals surface area contributed by atoms with Crippen LogP contribution in [0.4, 0.5) is 19.0 Å². The molecule has 13 heteroatoms. The number of aromatic nitrogens is 4. The molecule has 3 aromatic heterocycles. The molecule has 1 N–H and O–H groups in total. The number of pyridine rings is 1. The first-order chi connectivity index (χ1) is 21.6. The molecule has 2 bridgehead atoms. The summed E-state index contributed by atoms with van der Waals surface area (Å²) in [5, 5.41) is 14.4. The SMILES string of the molecule is C[Si](C)(C)CCOCN(COCC[Si](C)(C)C)c1cc([C@H]2C[C@@H]3CC[C@@H](C3)C2)nc2c(-c3ccc(C(O)C(F)(F)F)nc3)cnn12. The van der Waals surface area contributed by atoms with Gasteiger partial charge in [0.05, 0.1) is 11.9 Å². The van der Waals surface area contributed by atoms with Crippen molar-refractivity contribution in [3.8, 4) is 11.1 Å². The van der Waals surface area contributed by atoms with Crippen molar-refractivity contribution < 1.29 is 27.8 Å². The number of halogens is 3. The molecule has 2 aliphatic carbocycles. The first-order valence-corrected chi connectivity index (χ1v) is 24.0. The van der Waals surface area contributed by atoms with Gasteiger partial charge in [0, 0.05) is 64.4 Å². The van der Waals surface area contributed by atoms with Gasteiger partial charge in [0.1, 0.15) is 19.3 Å². The second kappa shape index (κ2) is 14.0. The van der Waals surface area contributed by atoms with E-state index in [0.717, 1.165) is 48.3 Å². The smallest absolute Gasteiger partial charge is 0.378 e. The zero-order valence-electron chi connectivity index (χ0n) is 28.1. The molecule has 4 atom stereocenters. The Labute approximate surface area is 272 Å². The largest absolute Gasteiger partial charge is 0.420 e. The topological polar surface area (TPSA) is 85.0 Å². The van der Waals surface area contributed by atoms with Gasteiger partial charge in [-0.3, -0.25) is 4.98 Å². The van der Waals surface area contributed by atoms with E-state index in [1.54, 1.807) is 16.8 Å². The van der Waals surface area contributed by atoms with E-state index in [1.165, 1.54) is 31.5 Å². The Morgan fingerprint density at radius 1 is 0.935 bits per heavy atom. The molecule has 0 aliphatic heterocycles. The van der Waals surface area contributed by atoms with Crippen molar-refractivity contribution in [2.45, 2.75) is 102 Å². The van der Waals surface area contributed by atoms with E-state index in [9.17, 15) is 18.3 Å². The predicted molar refractivity (Wildman–Crippen MR) is 180 cm³/mol. The molecule has 5 rings (SSSR count). The fourth-order valence-electron chi connectivity index (χ4n) is 6.52. The molecule has 46 heavy (non-hydrogen) atoms. The molecular weight excluding hydrogens is 628 g/mol. The zero-order chi connectivity index (χ0) is 33.3. The minimum atomic E-state index is -4.79. The van der Waals surface area contributed by atoms with E-state index in [0.29, 0.717) is 49.4 Å². The van der Waals surface area contributed by atoms with Gasteiger partial charge >= 0.3 is 6.18 Å². The summed E-state index contributed by atoms with van der Waals surface area (Å²) < 4.78 is 53.7. The molecule has 3 heterocycles. The number of hydrogen-bond acceptors (Lipinski definition) is 7. The quantitative estimate of drug-likeness (QED) is 0.105. The number of rotatable bonds is 14. The average molecular weight is 678 g/mol. The molecule has 254 valence electrons. The highest BCUT2D eigenvalue weighted by molar-refractivity contribution is 6.76. The minimum Gasteiger partial charge on any atom is -0.378 e. The Kier molecular flexibility index (Phi) is 10.7. The molecule has 0 spiro atoms. The second-order valence-electron chi connectivity index (χ2n) is 15.7. The molecule has 3 aromatic rings. The van der Waals surface area contributed by atoms with Crippen LogP contribution in [0, 0.1) is 11.8 Å². The summed E-state index contributed by atoms with van der Waals surface area (Å²) in [6, 6.07) is 7.00. The van der Waals surface area contributed by atoms with Crippen LogP contribution in [0.2, 0.25) is 51.4 Å². The number of anilines is 1. The van der Waals surface area contributed by atoms with Crippen LogP contribution >= 0.6 is 0 Å². The highest BCUT2D eigenvalue weighted by Crippen LogP contribution is 2.48. The Balaban J connectivity index is 1.51. The molecule has 8 nitrogen and oxygen atoms in total. The molecule has 0 radical (unpaired) electrons. The van der Waals surface area contributed by atoms with Gasteiger partial charge in [-0.15, -0.1) is 0 Å². The molecule has 0 amide bonds. The first-order valence-electron chi connectivity index (χ1n) is 16.6. The summed E-state index contributed by atoms with van der Waals surface area (Å²) in [4.78, 5) is 11.2. The lowest BCUT2D eigenvalue weighted by Crippen LogP contribution is -2.33. The number of ether oxygens (including phenoxy) is 2. The minimum absolute atomic E-state index is 0.322. The van der Waals surface area contributed by atoms with Crippen LogP contribution in [-0.2, 0) is 9.47 Å². The second-order valence-corrected chi connectivity index (χ2v) is 26.9. The van der Waals surface area contributed by atoms with Crippen molar-refractivity contribution in [2.24, 2.45) is 11.8 Å². The summed E-state index contributed by atoms with van der Waals surface area (Å²) in [5.74, 6) is 2.58. The first kappa shape index (κ1) is 35.0. The van der Waals surface area contributed by atoms with Gasteiger partial charge in [-0.25, -0.2) is 4.98 Å². The highest BCUT2D eigenvalue weighted by Gasteiger charge is 2.40. The summed E-state index contributed by atoms with van der Waals surface area (Å²) in [6.07, 6.45) is 1.67. The number of aliphatic hydroxyl groups is 1. The Hall–Kier alpha value is -2.33. The predicted octanol–water partition coefficient (Wildman–Crippen LogP) is 8.11. The molecule has 2 aliphatic rings. The van der Waals surface area contributed by atoms with Crippen molar-refractivity contribution in [2.75, 3.05) is 31.6 Å². The van der Waals surface area contributed by atoms with Gasteiger partial charge in [0.15, 0.2) is 11.8 Å². The summed E-state index contributed by atoms with van der Waals surface area (Å²) >= 11 is 0. The van der Waals surface area contributed by atoms with Crippen LogP contribution in [0.15, 0.2) is 30.6 Å². The van der Waals surface area contributed by atoms with Crippen LogP contribution in [0.3, 0.4) is 0 Å². The third-order valence-electron chi connectivity index (χ3n) is 9.28. The zero-order valence-corrected chi connectivity index (χ0v) is 30.1. The Morgan fingerprint density at radius 2 is 1.54 bits per heavy atom. The summed E-state index contributed by atoms with van der Waals surface area (Å²) in [5.41, 5.74) is 2.42. The number of nitrogens with zero attached hydrogens (tertiary/aromatic N) is 5. The number of aliphatic hydroxyl groups excluding tert-OH is 1. The van der Waals surface area contributed by atoms with Crippen LogP contribution in [0.5, 0.6) is 0 Å². The van der Waals surface area contributed by atoms with Crippen molar-refractivity contribution in [3.05, 3.63) is 42.0 Å². The van der Waals surface area contributed by atoms with E-state index in [4.69, 9.17) is 19.6 Å². The lowest BCUT2D eigenvalue weighted by atomic mass is 9.79. The number of alkyl halides is 3. The van der Waals surface area contributed by atoms with Gasteiger partial charge < -0.3 is 19.5 Å². The molecular formula is C33H50F3N5O3Si2. The molecule has 2 saturated carbocycles. The molecule has 2 fully saturated rings. The number of fused-ring (bicyclic) bond motifs is 3. The molecule has 0 saturated heterocycles. The third kappa shape index (κ3) is 8.97. The molecule has 0 aromatic carbocycles. The van der Waals surface area contributed by atoms with Crippen molar-refractivity contribution in [1.82, 2.24) is 19.6 Å². The number of hydrogen-bond donors (Lipinski definition) is 1. The van der Waals surface area contributed by atoms with Crippen LogP contribution in [0.25, 0.3) is 16.8 Å². The maximum Gasteiger partial charge on any atom is 0.420 e. The van der Waals surface area contributed by atoms with E-state index in [-0.39, 0.29) is 0 Å². The van der Waals surface area contributed by atoms with Crippen molar-refractivity contribution in [1.29, 1.82) is 0 Å². The van der Waals surface area contributed by atoms with Gasteiger partial charge in [-0.2, -0.15) is 22.8 Å². The van der Waals surface area contributed by atoms with Crippen molar-refractivity contribution >= 4 is 27.6 Å². The van der Waals surface area contributed by atoms with Crippen LogP contribution in [-0.4, -0.2) is 73.7 Å². The summed E-state index contributed by atoms with van der Waals surface area (Å²) in [7, 11) is -2.56. The third-order valence-corrected chi connectivity index (χ3v) is 12.7. The maximum atomic E-state index is 13.1. The standard InChI is InChI=1S/C33H50F3N5O3Si2/c1-45(2,3)13-11-43-21-40(22-44-12-14-46(4,5)6)30-18-29(26-16-23-7-8-24(15-23)17-26)39-32-27(20-38-41(30)32)25-9-10-28(37-19-25)31(42)33(34,35)36/h9-10,18-20,23-24,26,31,42H,7-8,11-17,21-22H2,1-6H3/t23-,24+,26+,31?. The van der Waals surface area contributed by atoms with Crippen LogP contribution < -0.4 is 4.90 Å². The lowest BCUT2D eigenvalue weighted by molar-refractivity contribution is -0.207. The van der Waals surface area contributed by atoms with Gasteiger partial charge in [-0.1, -0.05) is 58.2 Å². The average Bonchev–Trinajstić information content (AvgIpc) is 3.56. The monoisotopic (exact) mass is 677 g/mol. The fourth-order valence-corrected chi connectivity index (χ4v) is 8.04. The van der Waals surface area contributed by atoms with E-state index >= 15 is 0 Å². The van der Waals surface area contributed by atoms with E-state index in [2.05, 4.69) is 55.2 Å². The van der Waals surface area contributed by atoms with Crippen LogP contribution in [0.1, 0.15) is 55.5 Å². The van der Waals surface area contributed by atoms with Gasteiger partial charge in [0.2, 0.25) is 0 Å². The normalized spacial score (nSPS) is 21.2. The van der Waals surface area contributed by atoms with Crippen molar-refractivity contribution in [3.63, 3.8) is 0 Å². The Morgan fingerprint density at radius 3 is 2.07 bits per heavy atom. The lowest BCUT2D eigenvalue weighted by Gasteiger charge is -2.30. The molecule has 1 unspecified atom stereocenters. The van der Waals surface area contributed by atoms with Gasteiger partial charge in [0.25, 0.3) is 0 Å². The summed E-state index contributed by atoms with van der Waals surface area (Å²) in [6.45, 7) is 16.0. The van der Waals surface area contributed by atoms with E-state index in [1.807, 2.05) is 0 Å². The van der Waals surface area contributed by atoms with Gasteiger partial charge in [-0.05, 0) is 49.3 Å². The van der Waals surface area contributed by atoms with E-state index < -0.39 is 34.1 Å². The maximum absolute atomic E-state index is 13.1.